The molecule has 1 aromatic carbocycles. The van der Waals surface area contributed by atoms with Crippen molar-refractivity contribution in [1.29, 1.82) is 0 Å². The number of hydrogen-bond donors (Lipinski definition) is 0. The van der Waals surface area contributed by atoms with E-state index >= 15 is 0 Å². The van der Waals surface area contributed by atoms with Crippen molar-refractivity contribution in [3.63, 3.8) is 0 Å². The summed E-state index contributed by atoms with van der Waals surface area (Å²) in [4.78, 5) is 4.58. The Morgan fingerprint density at radius 3 is 2.71 bits per heavy atom. The van der Waals surface area contributed by atoms with Crippen LogP contribution in [0.4, 0.5) is 0 Å². The first-order valence-corrected chi connectivity index (χ1v) is 8.33. The van der Waals surface area contributed by atoms with E-state index in [0.717, 1.165) is 22.7 Å². The fourth-order valence-electron chi connectivity index (χ4n) is 2.30. The molecule has 1 atom stereocenters. The molecule has 0 amide bonds. The van der Waals surface area contributed by atoms with Crippen LogP contribution in [0, 0.1) is 0 Å². The fourth-order valence-corrected chi connectivity index (χ4v) is 3.52. The smallest absolute Gasteiger partial charge is 0.118 e. The van der Waals surface area contributed by atoms with Crippen molar-refractivity contribution in [2.24, 2.45) is 0 Å². The maximum Gasteiger partial charge on any atom is 0.118 e. The van der Waals surface area contributed by atoms with E-state index in [2.05, 4.69) is 35.3 Å². The molecule has 3 nitrogen and oxygen atoms in total. The molecule has 0 aliphatic rings. The van der Waals surface area contributed by atoms with E-state index < -0.39 is 0 Å². The minimum Gasteiger partial charge on any atom is -0.262 e. The highest BCUT2D eigenvalue weighted by atomic mass is 35.5. The van der Waals surface area contributed by atoms with E-state index in [1.54, 1.807) is 11.3 Å². The van der Waals surface area contributed by atoms with Gasteiger partial charge in [0.2, 0.25) is 0 Å². The van der Waals surface area contributed by atoms with E-state index in [1.165, 1.54) is 5.56 Å². The van der Waals surface area contributed by atoms with Crippen LogP contribution < -0.4 is 0 Å². The van der Waals surface area contributed by atoms with Crippen LogP contribution in [0.5, 0.6) is 0 Å². The van der Waals surface area contributed by atoms with E-state index in [9.17, 15) is 0 Å². The molecule has 2 aromatic heterocycles. The van der Waals surface area contributed by atoms with Crippen molar-refractivity contribution in [3.8, 4) is 11.1 Å². The van der Waals surface area contributed by atoms with Crippen molar-refractivity contribution < 1.29 is 0 Å². The van der Waals surface area contributed by atoms with Crippen molar-refractivity contribution in [2.75, 3.05) is 0 Å². The molecule has 21 heavy (non-hydrogen) atoms. The first-order valence-electron chi connectivity index (χ1n) is 6.91. The molecule has 0 radical (unpaired) electrons. The van der Waals surface area contributed by atoms with Gasteiger partial charge in [0.15, 0.2) is 0 Å². The highest BCUT2D eigenvalue weighted by Crippen LogP contribution is 2.27. The van der Waals surface area contributed by atoms with Gasteiger partial charge in [0.05, 0.1) is 17.8 Å². The first-order chi connectivity index (χ1) is 10.3. The summed E-state index contributed by atoms with van der Waals surface area (Å²) in [6.07, 6.45) is 4.95. The summed E-state index contributed by atoms with van der Waals surface area (Å²) in [6, 6.07) is 10.5. The normalized spacial score (nSPS) is 12.5. The lowest BCUT2D eigenvalue weighted by Gasteiger charge is -2.12. The molecular weight excluding hydrogens is 302 g/mol. The second kappa shape index (κ2) is 6.41. The second-order valence-corrected chi connectivity index (χ2v) is 5.97. The number of halogens is 1. The first kappa shape index (κ1) is 14.3. The van der Waals surface area contributed by atoms with Crippen LogP contribution in [-0.2, 0) is 5.88 Å². The minimum atomic E-state index is 0.171. The van der Waals surface area contributed by atoms with Gasteiger partial charge in [-0.05, 0) is 12.0 Å². The Bertz CT molecular complexity index is 705. The predicted molar refractivity (Wildman–Crippen MR) is 87.8 cm³/mol. The number of aromatic nitrogens is 3. The maximum absolute atomic E-state index is 5.84. The second-order valence-electron chi connectivity index (χ2n) is 4.81. The molecule has 0 aliphatic carbocycles. The third kappa shape index (κ3) is 3.01. The molecule has 3 rings (SSSR count). The highest BCUT2D eigenvalue weighted by molar-refractivity contribution is 7.09. The summed E-state index contributed by atoms with van der Waals surface area (Å²) < 4.78 is 2.00. The average Bonchev–Trinajstić information content (AvgIpc) is 3.19. The van der Waals surface area contributed by atoms with Crippen molar-refractivity contribution in [1.82, 2.24) is 14.8 Å². The zero-order valence-corrected chi connectivity index (χ0v) is 13.3. The SMILES string of the molecule is CCC(c1nc(CCl)cs1)n1cc(-c2ccccc2)cn1. The van der Waals surface area contributed by atoms with Gasteiger partial charge in [-0.25, -0.2) is 4.98 Å². The third-order valence-corrected chi connectivity index (χ3v) is 4.67. The zero-order chi connectivity index (χ0) is 14.7. The Labute approximate surface area is 133 Å². The van der Waals surface area contributed by atoms with Crippen LogP contribution in [0.15, 0.2) is 48.1 Å². The lowest BCUT2D eigenvalue weighted by molar-refractivity contribution is 0.506. The molecule has 108 valence electrons. The average molecular weight is 318 g/mol. The quantitative estimate of drug-likeness (QED) is 0.636. The number of hydrogen-bond acceptors (Lipinski definition) is 3. The zero-order valence-electron chi connectivity index (χ0n) is 11.7. The van der Waals surface area contributed by atoms with E-state index in [0.29, 0.717) is 5.88 Å². The number of thiazole rings is 1. The molecule has 0 saturated heterocycles. The summed E-state index contributed by atoms with van der Waals surface area (Å²) in [7, 11) is 0. The van der Waals surface area contributed by atoms with Crippen LogP contribution in [0.25, 0.3) is 11.1 Å². The summed E-state index contributed by atoms with van der Waals surface area (Å²) in [6.45, 7) is 2.15. The van der Waals surface area contributed by atoms with Crippen molar-refractivity contribution in [3.05, 3.63) is 58.8 Å². The molecule has 0 aliphatic heterocycles. The summed E-state index contributed by atoms with van der Waals surface area (Å²) >= 11 is 7.49. The van der Waals surface area contributed by atoms with E-state index in [1.807, 2.05) is 34.5 Å². The van der Waals surface area contributed by atoms with Crippen LogP contribution in [0.2, 0.25) is 0 Å². The molecule has 2 heterocycles. The molecule has 0 N–H and O–H groups in total. The van der Waals surface area contributed by atoms with Crippen LogP contribution in [0.3, 0.4) is 0 Å². The summed E-state index contributed by atoms with van der Waals surface area (Å²) in [5.41, 5.74) is 3.24. The Balaban J connectivity index is 1.90. The lowest BCUT2D eigenvalue weighted by atomic mass is 10.1. The monoisotopic (exact) mass is 317 g/mol. The molecule has 5 heteroatoms. The van der Waals surface area contributed by atoms with Gasteiger partial charge in [0.25, 0.3) is 0 Å². The molecule has 3 aromatic rings. The van der Waals surface area contributed by atoms with E-state index in [-0.39, 0.29) is 6.04 Å². The molecular formula is C16H16ClN3S. The van der Waals surface area contributed by atoms with Crippen LogP contribution in [0.1, 0.15) is 30.1 Å². The summed E-state index contributed by atoms with van der Waals surface area (Å²) in [5, 5.41) is 7.61. The van der Waals surface area contributed by atoms with Gasteiger partial charge in [0.1, 0.15) is 11.0 Å². The lowest BCUT2D eigenvalue weighted by Crippen LogP contribution is -2.09. The largest absolute Gasteiger partial charge is 0.262 e. The molecule has 0 bridgehead atoms. The highest BCUT2D eigenvalue weighted by Gasteiger charge is 2.17. The van der Waals surface area contributed by atoms with Crippen LogP contribution >= 0.6 is 22.9 Å². The van der Waals surface area contributed by atoms with Gasteiger partial charge in [-0.2, -0.15) is 5.10 Å². The van der Waals surface area contributed by atoms with Gasteiger partial charge in [-0.15, -0.1) is 22.9 Å². The van der Waals surface area contributed by atoms with Crippen molar-refractivity contribution in [2.45, 2.75) is 25.3 Å². The van der Waals surface area contributed by atoms with Gasteiger partial charge < -0.3 is 0 Å². The van der Waals surface area contributed by atoms with Crippen molar-refractivity contribution >= 4 is 22.9 Å². The molecule has 0 fully saturated rings. The number of rotatable bonds is 5. The molecule has 1 unspecified atom stereocenters. The third-order valence-electron chi connectivity index (χ3n) is 3.41. The van der Waals surface area contributed by atoms with Gasteiger partial charge in [-0.1, -0.05) is 37.3 Å². The van der Waals surface area contributed by atoms with Crippen LogP contribution in [-0.4, -0.2) is 14.8 Å². The molecule has 0 saturated carbocycles. The Hall–Kier alpha value is -1.65. The summed E-state index contributed by atoms with van der Waals surface area (Å²) in [5.74, 6) is 0.460. The van der Waals surface area contributed by atoms with E-state index in [4.69, 9.17) is 11.6 Å². The maximum atomic E-state index is 5.84. The Morgan fingerprint density at radius 1 is 1.24 bits per heavy atom. The number of benzene rings is 1. The fraction of sp³-hybridized carbons (Fsp3) is 0.250. The topological polar surface area (TPSA) is 30.7 Å². The van der Waals surface area contributed by atoms with Gasteiger partial charge in [0, 0.05) is 17.1 Å². The van der Waals surface area contributed by atoms with Gasteiger partial charge >= 0.3 is 0 Å². The predicted octanol–water partition coefficient (Wildman–Crippen LogP) is 4.74. The standard InChI is InChI=1S/C16H16ClN3S/c1-2-15(16-19-14(8-17)11-21-16)20-10-13(9-18-20)12-6-4-3-5-7-12/h3-7,9-11,15H,2,8H2,1H3. The van der Waals surface area contributed by atoms with Gasteiger partial charge in [-0.3, -0.25) is 4.68 Å². The number of alkyl halides is 1. The molecule has 0 spiro atoms. The minimum absolute atomic E-state index is 0.171. The Morgan fingerprint density at radius 2 is 2.05 bits per heavy atom. The Kier molecular flexibility index (Phi) is 4.36. The number of nitrogens with zero attached hydrogens (tertiary/aromatic N) is 3.